The maximum atomic E-state index is 13.0. The second kappa shape index (κ2) is 6.45. The molecule has 0 aromatic heterocycles. The molecule has 5 heteroatoms. The summed E-state index contributed by atoms with van der Waals surface area (Å²) in [4.78, 5) is 14.5. The van der Waals surface area contributed by atoms with Gasteiger partial charge in [0.05, 0.1) is 12.7 Å². The van der Waals surface area contributed by atoms with Crippen LogP contribution < -0.4 is 0 Å². The number of nitrogens with zero attached hydrogens (tertiary/aromatic N) is 1. The molecule has 3 fully saturated rings. The largest absolute Gasteiger partial charge is 0.381 e. The van der Waals surface area contributed by atoms with E-state index in [0.29, 0.717) is 19.1 Å². The quantitative estimate of drug-likeness (QED) is 0.853. The van der Waals surface area contributed by atoms with Crippen LogP contribution in [-0.2, 0) is 20.7 Å². The Kier molecular flexibility index (Phi) is 4.31. The van der Waals surface area contributed by atoms with E-state index in [1.807, 2.05) is 17.0 Å². The maximum absolute atomic E-state index is 13.0. The molecule has 1 aromatic carbocycles. The topological polar surface area (TPSA) is 38.8 Å². The lowest BCUT2D eigenvalue weighted by atomic mass is 9.76. The predicted molar refractivity (Wildman–Crippen MR) is 87.0 cm³/mol. The summed E-state index contributed by atoms with van der Waals surface area (Å²) in [7, 11) is 0. The van der Waals surface area contributed by atoms with Crippen LogP contribution in [0.2, 0.25) is 0 Å². The Balaban J connectivity index is 1.28. The van der Waals surface area contributed by atoms with Gasteiger partial charge in [-0.15, -0.1) is 0 Å². The van der Waals surface area contributed by atoms with E-state index in [0.717, 1.165) is 50.9 Å². The molecule has 1 aromatic rings. The Morgan fingerprint density at radius 1 is 1.21 bits per heavy atom. The predicted octanol–water partition coefficient (Wildman–Crippen LogP) is 2.41. The first-order chi connectivity index (χ1) is 11.6. The third kappa shape index (κ3) is 3.20. The lowest BCUT2D eigenvalue weighted by Gasteiger charge is -2.48. The molecule has 24 heavy (non-hydrogen) atoms. The molecule has 1 amide bonds. The second-order valence-electron chi connectivity index (χ2n) is 7.55. The van der Waals surface area contributed by atoms with Crippen molar-refractivity contribution in [3.63, 3.8) is 0 Å². The molecule has 0 bridgehead atoms. The average Bonchev–Trinajstić information content (AvgIpc) is 3.00. The van der Waals surface area contributed by atoms with Crippen molar-refractivity contribution in [3.05, 3.63) is 35.6 Å². The Hall–Kier alpha value is -1.46. The number of ether oxygens (including phenoxy) is 2. The van der Waals surface area contributed by atoms with Gasteiger partial charge in [-0.1, -0.05) is 12.1 Å². The molecule has 4 rings (SSSR count). The van der Waals surface area contributed by atoms with E-state index in [4.69, 9.17) is 9.47 Å². The highest BCUT2D eigenvalue weighted by atomic mass is 19.1. The maximum Gasteiger partial charge on any atom is 0.225 e. The van der Waals surface area contributed by atoms with Gasteiger partial charge in [0.15, 0.2) is 0 Å². The van der Waals surface area contributed by atoms with Crippen LogP contribution in [0.3, 0.4) is 0 Å². The molecule has 130 valence electrons. The third-order valence-corrected chi connectivity index (χ3v) is 5.60. The highest BCUT2D eigenvalue weighted by Crippen LogP contribution is 2.42. The van der Waals surface area contributed by atoms with Crippen LogP contribution in [0.25, 0.3) is 0 Å². The molecule has 3 saturated heterocycles. The van der Waals surface area contributed by atoms with Crippen LogP contribution in [0.5, 0.6) is 0 Å². The zero-order valence-corrected chi connectivity index (χ0v) is 13.9. The normalized spacial score (nSPS) is 26.5. The number of halogens is 1. The average molecular weight is 333 g/mol. The molecule has 0 saturated carbocycles. The van der Waals surface area contributed by atoms with Crippen molar-refractivity contribution in [3.8, 4) is 0 Å². The third-order valence-electron chi connectivity index (χ3n) is 5.60. The van der Waals surface area contributed by atoms with Gasteiger partial charge < -0.3 is 14.4 Å². The summed E-state index contributed by atoms with van der Waals surface area (Å²) < 4.78 is 24.3. The molecule has 0 N–H and O–H groups in total. The second-order valence-corrected chi connectivity index (χ2v) is 7.55. The summed E-state index contributed by atoms with van der Waals surface area (Å²) in [6.07, 6.45) is 3.69. The highest BCUT2D eigenvalue weighted by molar-refractivity contribution is 5.80. The van der Waals surface area contributed by atoms with Crippen LogP contribution >= 0.6 is 0 Å². The fourth-order valence-electron chi connectivity index (χ4n) is 4.25. The number of amides is 1. The highest BCUT2D eigenvalue weighted by Gasteiger charge is 2.51. The van der Waals surface area contributed by atoms with E-state index in [2.05, 4.69) is 0 Å². The Labute approximate surface area is 141 Å². The summed E-state index contributed by atoms with van der Waals surface area (Å²) in [6.45, 7) is 3.79. The number of benzene rings is 1. The van der Waals surface area contributed by atoms with Crippen molar-refractivity contribution in [1.82, 2.24) is 4.90 Å². The van der Waals surface area contributed by atoms with Crippen molar-refractivity contribution in [2.45, 2.75) is 31.8 Å². The summed E-state index contributed by atoms with van der Waals surface area (Å²) in [5.74, 6) is 0.239. The monoisotopic (exact) mass is 333 g/mol. The number of rotatable bonds is 3. The minimum absolute atomic E-state index is 0.144. The number of likely N-dealkylation sites (tertiary alicyclic amines) is 1. The fourth-order valence-corrected chi connectivity index (χ4v) is 4.25. The summed E-state index contributed by atoms with van der Waals surface area (Å²) in [5.41, 5.74) is 1.25. The minimum atomic E-state index is -0.205. The Morgan fingerprint density at radius 3 is 2.62 bits per heavy atom. The lowest BCUT2D eigenvalue weighted by Crippen LogP contribution is -2.60. The number of carbonyl (C=O) groups is 1. The van der Waals surface area contributed by atoms with Gasteiger partial charge in [-0.2, -0.15) is 0 Å². The number of carbonyl (C=O) groups excluding carboxylic acids is 1. The summed E-state index contributed by atoms with van der Waals surface area (Å²) in [6, 6.07) is 6.65. The van der Waals surface area contributed by atoms with E-state index in [9.17, 15) is 9.18 Å². The Morgan fingerprint density at radius 2 is 1.92 bits per heavy atom. The number of hydrogen-bond donors (Lipinski definition) is 0. The van der Waals surface area contributed by atoms with Crippen molar-refractivity contribution in [2.24, 2.45) is 11.3 Å². The summed E-state index contributed by atoms with van der Waals surface area (Å²) in [5, 5.41) is 0. The first kappa shape index (κ1) is 16.0. The van der Waals surface area contributed by atoms with E-state index in [-0.39, 0.29) is 23.3 Å². The molecule has 0 radical (unpaired) electrons. The zero-order chi connectivity index (χ0) is 16.6. The van der Waals surface area contributed by atoms with Crippen LogP contribution in [0.1, 0.15) is 24.8 Å². The molecular formula is C19H24FNO3. The first-order valence-corrected chi connectivity index (χ1v) is 8.86. The van der Waals surface area contributed by atoms with Crippen LogP contribution in [0.15, 0.2) is 24.3 Å². The van der Waals surface area contributed by atoms with Crippen molar-refractivity contribution in [2.75, 3.05) is 32.9 Å². The smallest absolute Gasteiger partial charge is 0.225 e. The Bertz CT molecular complexity index is 591. The van der Waals surface area contributed by atoms with Crippen molar-refractivity contribution in [1.29, 1.82) is 0 Å². The van der Waals surface area contributed by atoms with E-state index >= 15 is 0 Å². The van der Waals surface area contributed by atoms with Crippen LogP contribution in [0, 0.1) is 17.2 Å². The van der Waals surface area contributed by atoms with Gasteiger partial charge in [0.1, 0.15) is 5.82 Å². The molecule has 1 atom stereocenters. The molecule has 0 unspecified atom stereocenters. The van der Waals surface area contributed by atoms with Gasteiger partial charge >= 0.3 is 0 Å². The molecule has 0 aliphatic carbocycles. The van der Waals surface area contributed by atoms with Crippen LogP contribution in [0.4, 0.5) is 4.39 Å². The van der Waals surface area contributed by atoms with Crippen LogP contribution in [-0.4, -0.2) is 49.8 Å². The zero-order valence-electron chi connectivity index (χ0n) is 13.9. The molecule has 3 heterocycles. The van der Waals surface area contributed by atoms with Gasteiger partial charge in [0, 0.05) is 37.6 Å². The van der Waals surface area contributed by atoms with Gasteiger partial charge in [-0.05, 0) is 43.4 Å². The van der Waals surface area contributed by atoms with Gasteiger partial charge in [-0.25, -0.2) is 4.39 Å². The van der Waals surface area contributed by atoms with Gasteiger partial charge in [-0.3, -0.25) is 4.79 Å². The first-order valence-electron chi connectivity index (χ1n) is 8.86. The number of hydrogen-bond acceptors (Lipinski definition) is 3. The van der Waals surface area contributed by atoms with E-state index in [1.165, 1.54) is 12.1 Å². The summed E-state index contributed by atoms with van der Waals surface area (Å²) >= 11 is 0. The standard InChI is InChI=1S/C19H24FNO3/c20-16-3-1-14(2-4-16)9-17-10-19(13-24-17)11-21(12-19)18(22)15-5-7-23-8-6-15/h1-4,15,17H,5-13H2/t17-/m0/s1. The molecule has 3 aliphatic rings. The fraction of sp³-hybridized carbons (Fsp3) is 0.632. The molecule has 3 aliphatic heterocycles. The molecule has 4 nitrogen and oxygen atoms in total. The minimum Gasteiger partial charge on any atom is -0.381 e. The van der Waals surface area contributed by atoms with Gasteiger partial charge in [0.25, 0.3) is 0 Å². The molecular weight excluding hydrogens is 309 g/mol. The van der Waals surface area contributed by atoms with Gasteiger partial charge in [0.2, 0.25) is 5.91 Å². The van der Waals surface area contributed by atoms with Crippen molar-refractivity contribution < 1.29 is 18.7 Å². The van der Waals surface area contributed by atoms with E-state index < -0.39 is 0 Å². The lowest BCUT2D eigenvalue weighted by molar-refractivity contribution is -0.150. The SMILES string of the molecule is O=C(C1CCOCC1)N1CC2(CO[C@@H](Cc3ccc(F)cc3)C2)C1. The van der Waals surface area contributed by atoms with E-state index in [1.54, 1.807) is 0 Å². The molecule has 1 spiro atoms. The van der Waals surface area contributed by atoms with Crippen molar-refractivity contribution >= 4 is 5.91 Å².